The van der Waals surface area contributed by atoms with E-state index in [4.69, 9.17) is 4.98 Å². The maximum atomic E-state index is 4.83. The van der Waals surface area contributed by atoms with Gasteiger partial charge in [0.05, 0.1) is 17.2 Å². The number of nitrogens with zero attached hydrogens (tertiary/aromatic N) is 4. The van der Waals surface area contributed by atoms with Gasteiger partial charge in [0, 0.05) is 55.3 Å². The largest absolute Gasteiger partial charge is 0.356 e. The number of hydrogen-bond acceptors (Lipinski definition) is 3. The summed E-state index contributed by atoms with van der Waals surface area (Å²) in [6.07, 6.45) is 9.25. The van der Waals surface area contributed by atoms with Crippen LogP contribution >= 0.6 is 51.2 Å². The lowest BCUT2D eigenvalue weighted by atomic mass is 10.0. The molecular weight excluding hydrogens is 537 g/mol. The molecule has 0 unspecified atom stereocenters. The smallest absolute Gasteiger partial charge is 0.193 e. The fraction of sp³-hybridized carbons (Fsp3) is 0.579. The number of thiazole rings is 1. The maximum absolute atomic E-state index is 4.83. The molecule has 150 valence electrons. The van der Waals surface area contributed by atoms with E-state index in [1.54, 1.807) is 0 Å². The lowest BCUT2D eigenvalue weighted by Crippen LogP contribution is -2.39. The average Bonchev–Trinajstić information content (AvgIpc) is 3.17. The van der Waals surface area contributed by atoms with Crippen LogP contribution in [0.2, 0.25) is 0 Å². The molecule has 0 spiro atoms. The normalized spacial score (nSPS) is 13.9. The van der Waals surface area contributed by atoms with Gasteiger partial charge < -0.3 is 14.8 Å². The van der Waals surface area contributed by atoms with Crippen LogP contribution in [0, 0.1) is 0 Å². The quantitative estimate of drug-likeness (QED) is 0.245. The summed E-state index contributed by atoms with van der Waals surface area (Å²) in [6.45, 7) is 1.74. The molecule has 27 heavy (non-hydrogen) atoms. The lowest BCUT2D eigenvalue weighted by molar-refractivity contribution is 0.461. The molecule has 0 bridgehead atoms. The second-order valence-corrected chi connectivity index (χ2v) is 8.96. The standard InChI is InChI=1S/C19H28BrN5S.HI/c1-21-19(25(3)13-15-11-14(20)12-24(15)2)22-10-6-9-18-23-16-7-4-5-8-17(16)26-18;/h11-12H,4-10,13H2,1-3H3,(H,21,22);1H. The molecule has 0 atom stereocenters. The third-order valence-electron chi connectivity index (χ3n) is 4.79. The van der Waals surface area contributed by atoms with Crippen molar-refractivity contribution in [1.29, 1.82) is 0 Å². The van der Waals surface area contributed by atoms with Crippen LogP contribution in [0.4, 0.5) is 0 Å². The number of nitrogens with one attached hydrogen (secondary N) is 1. The Morgan fingerprint density at radius 3 is 2.85 bits per heavy atom. The first kappa shape index (κ1) is 22.7. The van der Waals surface area contributed by atoms with Crippen LogP contribution in [0.15, 0.2) is 21.7 Å². The Kier molecular flexibility index (Phi) is 9.07. The van der Waals surface area contributed by atoms with Crippen molar-refractivity contribution in [2.75, 3.05) is 20.6 Å². The number of aryl methyl sites for hydroxylation is 4. The predicted octanol–water partition coefficient (Wildman–Crippen LogP) is 4.38. The molecule has 2 aromatic heterocycles. The van der Waals surface area contributed by atoms with Gasteiger partial charge in [-0.25, -0.2) is 4.98 Å². The van der Waals surface area contributed by atoms with E-state index in [1.807, 2.05) is 18.4 Å². The summed E-state index contributed by atoms with van der Waals surface area (Å²) >= 11 is 5.46. The van der Waals surface area contributed by atoms with Crippen molar-refractivity contribution in [3.63, 3.8) is 0 Å². The van der Waals surface area contributed by atoms with E-state index in [0.717, 1.165) is 36.4 Å². The zero-order valence-electron chi connectivity index (χ0n) is 16.3. The highest BCUT2D eigenvalue weighted by Gasteiger charge is 2.15. The van der Waals surface area contributed by atoms with E-state index in [9.17, 15) is 0 Å². The molecule has 0 saturated carbocycles. The molecule has 2 aromatic rings. The SMILES string of the molecule is CN=C(NCCCc1nc2c(s1)CCCC2)N(C)Cc1cc(Br)cn1C.I. The van der Waals surface area contributed by atoms with E-state index in [-0.39, 0.29) is 24.0 Å². The van der Waals surface area contributed by atoms with Crippen LogP contribution in [0.1, 0.15) is 40.5 Å². The highest BCUT2D eigenvalue weighted by Crippen LogP contribution is 2.27. The van der Waals surface area contributed by atoms with Crippen molar-refractivity contribution in [3.05, 3.63) is 38.0 Å². The van der Waals surface area contributed by atoms with Crippen LogP contribution in [-0.2, 0) is 32.9 Å². The summed E-state index contributed by atoms with van der Waals surface area (Å²) in [4.78, 5) is 12.9. The minimum atomic E-state index is 0. The van der Waals surface area contributed by atoms with Gasteiger partial charge in [0.25, 0.3) is 0 Å². The Labute approximate surface area is 191 Å². The number of fused-ring (bicyclic) bond motifs is 1. The third kappa shape index (κ3) is 6.19. The summed E-state index contributed by atoms with van der Waals surface area (Å²) in [6, 6.07) is 2.15. The number of halogens is 2. The van der Waals surface area contributed by atoms with Crippen molar-refractivity contribution in [1.82, 2.24) is 19.8 Å². The fourth-order valence-corrected chi connectivity index (χ4v) is 5.15. The minimum Gasteiger partial charge on any atom is -0.356 e. The van der Waals surface area contributed by atoms with Crippen molar-refractivity contribution >= 4 is 57.2 Å². The molecule has 0 aliphatic heterocycles. The van der Waals surface area contributed by atoms with Gasteiger partial charge in [-0.2, -0.15) is 0 Å². The molecule has 8 heteroatoms. The van der Waals surface area contributed by atoms with Gasteiger partial charge in [-0.1, -0.05) is 0 Å². The van der Waals surface area contributed by atoms with Crippen LogP contribution in [0.3, 0.4) is 0 Å². The Hall–Kier alpha value is -0.610. The lowest BCUT2D eigenvalue weighted by Gasteiger charge is -2.22. The summed E-state index contributed by atoms with van der Waals surface area (Å²) in [5, 5.41) is 4.78. The Balaban J connectivity index is 0.00000261. The van der Waals surface area contributed by atoms with Crippen LogP contribution in [0.25, 0.3) is 0 Å². The third-order valence-corrected chi connectivity index (χ3v) is 6.44. The first-order chi connectivity index (χ1) is 12.6. The molecule has 0 radical (unpaired) electrons. The summed E-state index contributed by atoms with van der Waals surface area (Å²) < 4.78 is 3.25. The molecule has 2 heterocycles. The van der Waals surface area contributed by atoms with Crippen molar-refractivity contribution in [2.45, 2.75) is 45.1 Å². The Bertz CT molecular complexity index is 747. The maximum Gasteiger partial charge on any atom is 0.193 e. The first-order valence-corrected chi connectivity index (χ1v) is 10.9. The van der Waals surface area contributed by atoms with Gasteiger partial charge >= 0.3 is 0 Å². The molecule has 3 rings (SSSR count). The van der Waals surface area contributed by atoms with Crippen molar-refractivity contribution in [3.8, 4) is 0 Å². The highest BCUT2D eigenvalue weighted by atomic mass is 127. The molecule has 0 saturated heterocycles. The Morgan fingerprint density at radius 2 is 2.19 bits per heavy atom. The number of guanidine groups is 1. The van der Waals surface area contributed by atoms with E-state index in [1.165, 1.54) is 47.0 Å². The molecule has 0 amide bonds. The van der Waals surface area contributed by atoms with Gasteiger partial charge in [-0.05, 0) is 54.1 Å². The monoisotopic (exact) mass is 565 g/mol. The van der Waals surface area contributed by atoms with Crippen molar-refractivity contribution < 1.29 is 0 Å². The van der Waals surface area contributed by atoms with Gasteiger partial charge in [0.2, 0.25) is 0 Å². The van der Waals surface area contributed by atoms with E-state index < -0.39 is 0 Å². The molecular formula is C19H29BrIN5S. The van der Waals surface area contributed by atoms with E-state index >= 15 is 0 Å². The molecule has 1 aliphatic carbocycles. The van der Waals surface area contributed by atoms with Crippen LogP contribution in [-0.4, -0.2) is 41.1 Å². The Morgan fingerprint density at radius 1 is 1.41 bits per heavy atom. The van der Waals surface area contributed by atoms with Gasteiger partial charge in [0.1, 0.15) is 0 Å². The summed E-state index contributed by atoms with van der Waals surface area (Å²) in [5.41, 5.74) is 2.61. The summed E-state index contributed by atoms with van der Waals surface area (Å²) in [7, 11) is 5.98. The van der Waals surface area contributed by atoms with E-state index in [2.05, 4.69) is 62.1 Å². The van der Waals surface area contributed by atoms with Gasteiger partial charge in [-0.3, -0.25) is 4.99 Å². The first-order valence-electron chi connectivity index (χ1n) is 9.27. The number of rotatable bonds is 6. The number of hydrogen-bond donors (Lipinski definition) is 1. The zero-order valence-corrected chi connectivity index (χ0v) is 21.0. The summed E-state index contributed by atoms with van der Waals surface area (Å²) in [5.74, 6) is 0.931. The fourth-order valence-electron chi connectivity index (χ4n) is 3.38. The zero-order chi connectivity index (χ0) is 18.5. The molecule has 0 aromatic carbocycles. The van der Waals surface area contributed by atoms with Crippen molar-refractivity contribution in [2.24, 2.45) is 12.0 Å². The number of aliphatic imine (C=N–C) groups is 1. The second-order valence-electron chi connectivity index (χ2n) is 6.88. The molecule has 5 nitrogen and oxygen atoms in total. The molecule has 1 N–H and O–H groups in total. The van der Waals surface area contributed by atoms with Crippen LogP contribution in [0.5, 0.6) is 0 Å². The second kappa shape index (κ2) is 10.8. The highest BCUT2D eigenvalue weighted by molar-refractivity contribution is 14.0. The minimum absolute atomic E-state index is 0. The van der Waals surface area contributed by atoms with Gasteiger partial charge in [0.15, 0.2) is 5.96 Å². The average molecular weight is 566 g/mol. The predicted molar refractivity (Wildman–Crippen MR) is 128 cm³/mol. The van der Waals surface area contributed by atoms with E-state index in [0.29, 0.717) is 0 Å². The number of aromatic nitrogens is 2. The van der Waals surface area contributed by atoms with Crippen LogP contribution < -0.4 is 5.32 Å². The topological polar surface area (TPSA) is 45.5 Å². The van der Waals surface area contributed by atoms with Gasteiger partial charge in [-0.15, -0.1) is 35.3 Å². The molecule has 1 aliphatic rings. The molecule has 0 fully saturated rings.